The van der Waals surface area contributed by atoms with Crippen molar-refractivity contribution in [3.8, 4) is 11.5 Å². The molecule has 144 valence electrons. The van der Waals surface area contributed by atoms with Crippen LogP contribution in [0.15, 0.2) is 48.2 Å². The number of nitro groups is 1. The Morgan fingerprint density at radius 3 is 2.57 bits per heavy atom. The van der Waals surface area contributed by atoms with E-state index in [0.717, 1.165) is 0 Å². The molecule has 1 heterocycles. The molecule has 0 aromatic heterocycles. The number of benzene rings is 2. The lowest BCUT2D eigenvalue weighted by Gasteiger charge is -2.09. The van der Waals surface area contributed by atoms with Crippen LogP contribution in [0.5, 0.6) is 11.5 Å². The molecule has 0 N–H and O–H groups in total. The zero-order valence-electron chi connectivity index (χ0n) is 15.2. The van der Waals surface area contributed by atoms with Crippen molar-refractivity contribution in [1.82, 2.24) is 0 Å². The van der Waals surface area contributed by atoms with E-state index in [2.05, 4.69) is 0 Å². The molecular weight excluding hydrogens is 366 g/mol. The third-order valence-electron chi connectivity index (χ3n) is 3.77. The Labute approximate surface area is 160 Å². The third-order valence-corrected chi connectivity index (χ3v) is 3.77. The summed E-state index contributed by atoms with van der Waals surface area (Å²) < 4.78 is 16.0. The summed E-state index contributed by atoms with van der Waals surface area (Å²) in [5.41, 5.74) is 0.918. The van der Waals surface area contributed by atoms with Gasteiger partial charge in [0.2, 0.25) is 5.78 Å². The predicted octanol–water partition coefficient (Wildman–Crippen LogP) is 3.54. The number of fused-ring (bicyclic) bond motifs is 1. The highest BCUT2D eigenvalue weighted by Crippen LogP contribution is 2.35. The van der Waals surface area contributed by atoms with E-state index in [1.54, 1.807) is 26.0 Å². The summed E-state index contributed by atoms with van der Waals surface area (Å²) >= 11 is 0. The molecule has 28 heavy (non-hydrogen) atoms. The Bertz CT molecular complexity index is 961. The van der Waals surface area contributed by atoms with Crippen LogP contribution in [0.2, 0.25) is 0 Å². The minimum absolute atomic E-state index is 0.0399. The number of Topliss-reactive ketones (excluding diaryl/α,β-unsaturated/α-hetero) is 1. The van der Waals surface area contributed by atoms with Gasteiger partial charge in [-0.15, -0.1) is 0 Å². The van der Waals surface area contributed by atoms with Gasteiger partial charge in [0, 0.05) is 18.2 Å². The topological polar surface area (TPSA) is 105 Å². The first-order chi connectivity index (χ1) is 13.3. The Morgan fingerprint density at radius 2 is 1.93 bits per heavy atom. The smallest absolute Gasteiger partial charge is 0.344 e. The summed E-state index contributed by atoms with van der Waals surface area (Å²) in [7, 11) is 0. The maximum absolute atomic E-state index is 12.5. The van der Waals surface area contributed by atoms with E-state index in [9.17, 15) is 19.7 Å². The van der Waals surface area contributed by atoms with E-state index in [-0.39, 0.29) is 29.9 Å². The fourth-order valence-electron chi connectivity index (χ4n) is 2.54. The fourth-order valence-corrected chi connectivity index (χ4v) is 2.54. The van der Waals surface area contributed by atoms with Crippen LogP contribution in [0.4, 0.5) is 5.69 Å². The van der Waals surface area contributed by atoms with Crippen LogP contribution in [-0.4, -0.2) is 29.4 Å². The molecule has 2 aromatic carbocycles. The second-order valence-corrected chi connectivity index (χ2v) is 6.27. The molecule has 0 saturated carbocycles. The minimum atomic E-state index is -0.498. The summed E-state index contributed by atoms with van der Waals surface area (Å²) in [6.45, 7) is 3.23. The molecule has 0 radical (unpaired) electrons. The van der Waals surface area contributed by atoms with Crippen LogP contribution < -0.4 is 9.47 Å². The zero-order valence-corrected chi connectivity index (χ0v) is 15.2. The van der Waals surface area contributed by atoms with Gasteiger partial charge in [-0.05, 0) is 49.8 Å². The van der Waals surface area contributed by atoms with Crippen LogP contribution in [-0.2, 0) is 9.53 Å². The van der Waals surface area contributed by atoms with E-state index >= 15 is 0 Å². The molecule has 8 heteroatoms. The number of ether oxygens (including phenoxy) is 3. The molecule has 0 saturated heterocycles. The SMILES string of the molecule is CC(C)OC(=O)COc1ccc2c(c1)OC(=Cc1ccc([N+](=O)[O-])cc1)C2=O. The van der Waals surface area contributed by atoms with Gasteiger partial charge in [-0.2, -0.15) is 0 Å². The van der Waals surface area contributed by atoms with Gasteiger partial charge in [0.1, 0.15) is 11.5 Å². The van der Waals surface area contributed by atoms with E-state index in [4.69, 9.17) is 14.2 Å². The van der Waals surface area contributed by atoms with Crippen molar-refractivity contribution in [2.45, 2.75) is 20.0 Å². The molecule has 0 bridgehead atoms. The van der Waals surface area contributed by atoms with E-state index in [1.807, 2.05) is 0 Å². The molecule has 8 nitrogen and oxygen atoms in total. The number of nitrogens with zero attached hydrogens (tertiary/aromatic N) is 1. The normalized spacial score (nSPS) is 14.0. The van der Waals surface area contributed by atoms with Crippen molar-refractivity contribution in [2.24, 2.45) is 0 Å². The second-order valence-electron chi connectivity index (χ2n) is 6.27. The number of esters is 1. The maximum atomic E-state index is 12.5. The standard InChI is InChI=1S/C20H17NO7/c1-12(2)27-19(22)11-26-15-7-8-16-17(10-15)28-18(20(16)23)9-13-3-5-14(6-4-13)21(24)25/h3-10,12H,11H2,1-2H3. The van der Waals surface area contributed by atoms with Crippen molar-refractivity contribution in [3.05, 3.63) is 69.5 Å². The van der Waals surface area contributed by atoms with Crippen molar-refractivity contribution < 1.29 is 28.7 Å². The first-order valence-corrected chi connectivity index (χ1v) is 8.48. The number of nitro benzene ring substituents is 1. The van der Waals surface area contributed by atoms with Gasteiger partial charge in [0.15, 0.2) is 12.4 Å². The minimum Gasteiger partial charge on any atom is -0.482 e. The van der Waals surface area contributed by atoms with Crippen LogP contribution in [0.1, 0.15) is 29.8 Å². The predicted molar refractivity (Wildman–Crippen MR) is 99.2 cm³/mol. The van der Waals surface area contributed by atoms with E-state index in [1.165, 1.54) is 36.4 Å². The molecule has 1 aliphatic heterocycles. The van der Waals surface area contributed by atoms with Gasteiger partial charge in [-0.3, -0.25) is 14.9 Å². The lowest BCUT2D eigenvalue weighted by molar-refractivity contribution is -0.384. The Balaban J connectivity index is 1.72. The van der Waals surface area contributed by atoms with Gasteiger partial charge < -0.3 is 14.2 Å². The molecule has 0 spiro atoms. The largest absolute Gasteiger partial charge is 0.482 e. The first-order valence-electron chi connectivity index (χ1n) is 8.48. The lowest BCUT2D eigenvalue weighted by atomic mass is 10.1. The van der Waals surface area contributed by atoms with Crippen LogP contribution in [0, 0.1) is 10.1 Å². The molecule has 0 fully saturated rings. The van der Waals surface area contributed by atoms with E-state index in [0.29, 0.717) is 22.6 Å². The lowest BCUT2D eigenvalue weighted by Crippen LogP contribution is -2.18. The number of hydrogen-bond acceptors (Lipinski definition) is 7. The highest BCUT2D eigenvalue weighted by molar-refractivity contribution is 6.14. The quantitative estimate of drug-likeness (QED) is 0.325. The summed E-state index contributed by atoms with van der Waals surface area (Å²) in [4.78, 5) is 34.2. The summed E-state index contributed by atoms with van der Waals surface area (Å²) in [5, 5.41) is 10.7. The van der Waals surface area contributed by atoms with Gasteiger partial charge in [-0.1, -0.05) is 0 Å². The monoisotopic (exact) mass is 383 g/mol. The van der Waals surface area contributed by atoms with Crippen molar-refractivity contribution >= 4 is 23.5 Å². The molecule has 0 amide bonds. The fraction of sp³-hybridized carbons (Fsp3) is 0.200. The maximum Gasteiger partial charge on any atom is 0.344 e. The molecule has 1 aliphatic rings. The van der Waals surface area contributed by atoms with Crippen LogP contribution >= 0.6 is 0 Å². The van der Waals surface area contributed by atoms with Gasteiger partial charge in [0.25, 0.3) is 5.69 Å². The van der Waals surface area contributed by atoms with Gasteiger partial charge in [-0.25, -0.2) is 4.79 Å². The van der Waals surface area contributed by atoms with Crippen LogP contribution in [0.3, 0.4) is 0 Å². The highest BCUT2D eigenvalue weighted by atomic mass is 16.6. The Kier molecular flexibility index (Phi) is 5.39. The summed E-state index contributed by atoms with van der Waals surface area (Å²) in [6, 6.07) is 10.4. The average Bonchev–Trinajstić information content (AvgIpc) is 2.95. The Morgan fingerprint density at radius 1 is 1.21 bits per heavy atom. The van der Waals surface area contributed by atoms with Gasteiger partial charge in [0.05, 0.1) is 16.6 Å². The summed E-state index contributed by atoms with van der Waals surface area (Å²) in [6.07, 6.45) is 1.27. The first kappa shape index (κ1) is 19.1. The van der Waals surface area contributed by atoms with Crippen molar-refractivity contribution in [1.29, 1.82) is 0 Å². The van der Waals surface area contributed by atoms with Crippen molar-refractivity contribution in [2.75, 3.05) is 6.61 Å². The molecule has 0 unspecified atom stereocenters. The molecule has 0 atom stereocenters. The van der Waals surface area contributed by atoms with Crippen LogP contribution in [0.25, 0.3) is 6.08 Å². The average molecular weight is 383 g/mol. The van der Waals surface area contributed by atoms with E-state index < -0.39 is 10.9 Å². The summed E-state index contributed by atoms with van der Waals surface area (Å²) in [5.74, 6) is -0.0256. The zero-order chi connectivity index (χ0) is 20.3. The number of ketones is 1. The molecule has 0 aliphatic carbocycles. The number of carbonyl (C=O) groups excluding carboxylic acids is 2. The Hall–Kier alpha value is -3.68. The number of rotatable bonds is 6. The molecular formula is C20H17NO7. The van der Waals surface area contributed by atoms with Crippen molar-refractivity contribution in [3.63, 3.8) is 0 Å². The molecule has 3 rings (SSSR count). The number of allylic oxidation sites excluding steroid dienone is 1. The third kappa shape index (κ3) is 4.35. The highest BCUT2D eigenvalue weighted by Gasteiger charge is 2.28. The number of hydrogen-bond donors (Lipinski definition) is 0. The molecule has 2 aromatic rings. The second kappa shape index (κ2) is 7.91. The number of non-ortho nitro benzene ring substituents is 1. The van der Waals surface area contributed by atoms with Gasteiger partial charge >= 0.3 is 5.97 Å². The number of carbonyl (C=O) groups is 2.